The Labute approximate surface area is 217 Å². The maximum atomic E-state index is 13.9. The minimum absolute atomic E-state index is 0.0639. The van der Waals surface area contributed by atoms with Crippen molar-refractivity contribution in [2.24, 2.45) is 7.05 Å². The Morgan fingerprint density at radius 2 is 2.08 bits per heavy atom. The van der Waals surface area contributed by atoms with Gasteiger partial charge in [-0.1, -0.05) is 23.8 Å². The van der Waals surface area contributed by atoms with Crippen LogP contribution in [0.5, 0.6) is 0 Å². The van der Waals surface area contributed by atoms with Crippen LogP contribution in [-0.4, -0.2) is 49.2 Å². The lowest BCUT2D eigenvalue weighted by Gasteiger charge is -2.22. The molecule has 6 rings (SSSR count). The van der Waals surface area contributed by atoms with Crippen molar-refractivity contribution >= 4 is 16.5 Å². The first kappa shape index (κ1) is 24.7. The molecule has 2 atom stereocenters. The van der Waals surface area contributed by atoms with Gasteiger partial charge in [0.2, 0.25) is 0 Å². The molecule has 4 aromatic rings. The van der Waals surface area contributed by atoms with E-state index in [2.05, 4.69) is 30.7 Å². The van der Waals surface area contributed by atoms with Gasteiger partial charge in [0.05, 0.1) is 17.8 Å². The summed E-state index contributed by atoms with van der Waals surface area (Å²) in [5, 5.41) is 19.6. The average molecular weight is 524 g/mol. The highest BCUT2D eigenvalue weighted by molar-refractivity contribution is 5.95. The number of alkyl halides is 3. The maximum Gasteiger partial charge on any atom is 0.433 e. The monoisotopic (exact) mass is 523 g/mol. The molecule has 1 aliphatic carbocycles. The Morgan fingerprint density at radius 3 is 2.74 bits per heavy atom. The average Bonchev–Trinajstić information content (AvgIpc) is 3.61. The predicted molar refractivity (Wildman–Crippen MR) is 136 cm³/mol. The van der Waals surface area contributed by atoms with E-state index in [9.17, 15) is 13.2 Å². The first-order valence-corrected chi connectivity index (χ1v) is 12.8. The van der Waals surface area contributed by atoms with Gasteiger partial charge in [-0.2, -0.15) is 18.3 Å². The fourth-order valence-corrected chi connectivity index (χ4v) is 5.24. The quantitative estimate of drug-likeness (QED) is 0.361. The second kappa shape index (κ2) is 9.63. The number of benzene rings is 1. The van der Waals surface area contributed by atoms with Gasteiger partial charge in [0.15, 0.2) is 5.82 Å². The molecule has 8 nitrogen and oxygen atoms in total. The van der Waals surface area contributed by atoms with Crippen LogP contribution in [0, 0.1) is 0 Å². The number of ether oxygens (including phenoxy) is 1. The highest BCUT2D eigenvalue weighted by atomic mass is 19.4. The van der Waals surface area contributed by atoms with Crippen LogP contribution in [0.25, 0.3) is 27.7 Å². The molecule has 0 radical (unpaired) electrons. The van der Waals surface area contributed by atoms with E-state index in [0.717, 1.165) is 48.7 Å². The summed E-state index contributed by atoms with van der Waals surface area (Å²) >= 11 is 0. The Hall–Kier alpha value is -3.57. The van der Waals surface area contributed by atoms with Crippen LogP contribution in [0.15, 0.2) is 42.2 Å². The molecule has 1 aromatic carbocycles. The van der Waals surface area contributed by atoms with Gasteiger partial charge >= 0.3 is 6.18 Å². The second-order valence-corrected chi connectivity index (χ2v) is 10.0. The van der Waals surface area contributed by atoms with Crippen molar-refractivity contribution < 1.29 is 17.9 Å². The van der Waals surface area contributed by atoms with Gasteiger partial charge in [-0.15, -0.1) is 10.2 Å². The van der Waals surface area contributed by atoms with Crippen LogP contribution < -0.4 is 5.32 Å². The van der Waals surface area contributed by atoms with Gasteiger partial charge < -0.3 is 14.6 Å². The van der Waals surface area contributed by atoms with Crippen LogP contribution in [0.3, 0.4) is 0 Å². The molecule has 4 heterocycles. The van der Waals surface area contributed by atoms with Gasteiger partial charge in [0.25, 0.3) is 0 Å². The smallest absolute Gasteiger partial charge is 0.380 e. The molecule has 1 saturated carbocycles. The number of pyridine rings is 1. The largest absolute Gasteiger partial charge is 0.433 e. The predicted octanol–water partition coefficient (Wildman–Crippen LogP) is 5.20. The summed E-state index contributed by atoms with van der Waals surface area (Å²) in [7, 11) is 1.90. The Morgan fingerprint density at radius 1 is 1.24 bits per heavy atom. The zero-order chi connectivity index (χ0) is 26.4. The number of rotatable bonds is 6. The molecule has 0 bridgehead atoms. The van der Waals surface area contributed by atoms with E-state index >= 15 is 0 Å². The fraction of sp³-hybridized carbons (Fsp3) is 0.407. The van der Waals surface area contributed by atoms with Gasteiger partial charge in [-0.3, -0.25) is 5.10 Å². The van der Waals surface area contributed by atoms with Crippen LogP contribution in [-0.2, 0) is 18.0 Å². The van der Waals surface area contributed by atoms with Crippen molar-refractivity contribution in [2.75, 3.05) is 13.2 Å². The fourth-order valence-electron chi connectivity index (χ4n) is 5.24. The normalized spacial score (nSPS) is 18.7. The molecule has 198 valence electrons. The molecule has 0 spiro atoms. The third-order valence-corrected chi connectivity index (χ3v) is 7.37. The van der Waals surface area contributed by atoms with Crippen molar-refractivity contribution in [1.82, 2.24) is 35.3 Å². The minimum Gasteiger partial charge on any atom is -0.380 e. The Balaban J connectivity index is 1.46. The van der Waals surface area contributed by atoms with Crippen LogP contribution in [0.1, 0.15) is 61.4 Å². The maximum absolute atomic E-state index is 13.9. The number of nitrogens with zero attached hydrogens (tertiary/aromatic N) is 5. The van der Waals surface area contributed by atoms with E-state index in [4.69, 9.17) is 4.74 Å². The van der Waals surface area contributed by atoms with Crippen LogP contribution in [0.2, 0.25) is 0 Å². The zero-order valence-corrected chi connectivity index (χ0v) is 21.1. The summed E-state index contributed by atoms with van der Waals surface area (Å²) in [6, 6.07) is 8.45. The lowest BCUT2D eigenvalue weighted by Crippen LogP contribution is -2.32. The summed E-state index contributed by atoms with van der Waals surface area (Å²) < 4.78 is 49.1. The SMILES string of the molecule is C[C@H](N[C@H]1CCOC1)c1nc(C(F)(F)F)cc2c(-c3cccc(C(=C4CCC4)c4nncn4C)c3)n[nH]c12. The number of nitrogens with one attached hydrogen (secondary N) is 2. The van der Waals surface area contributed by atoms with Gasteiger partial charge in [-0.25, -0.2) is 4.98 Å². The second-order valence-electron chi connectivity index (χ2n) is 10.0. The molecule has 2 aliphatic rings. The Kier molecular flexibility index (Phi) is 6.27. The highest BCUT2D eigenvalue weighted by Gasteiger charge is 2.35. The molecule has 2 fully saturated rings. The summed E-state index contributed by atoms with van der Waals surface area (Å²) in [4.78, 5) is 4.03. The highest BCUT2D eigenvalue weighted by Crippen LogP contribution is 2.39. The number of hydrogen-bond acceptors (Lipinski definition) is 6. The van der Waals surface area contributed by atoms with E-state index in [1.807, 2.05) is 42.8 Å². The van der Waals surface area contributed by atoms with E-state index in [1.165, 1.54) is 5.57 Å². The number of aromatic amines is 1. The first-order chi connectivity index (χ1) is 18.3. The third kappa shape index (κ3) is 4.49. The number of H-pyrrole nitrogens is 1. The number of aryl methyl sites for hydroxylation is 1. The van der Waals surface area contributed by atoms with Crippen molar-refractivity contribution in [1.29, 1.82) is 0 Å². The lowest BCUT2D eigenvalue weighted by molar-refractivity contribution is -0.141. The minimum atomic E-state index is -4.59. The molecule has 0 unspecified atom stereocenters. The van der Waals surface area contributed by atoms with E-state index in [1.54, 1.807) is 6.33 Å². The van der Waals surface area contributed by atoms with Gasteiger partial charge in [-0.05, 0) is 50.3 Å². The van der Waals surface area contributed by atoms with Crippen molar-refractivity contribution in [2.45, 2.75) is 50.9 Å². The summed E-state index contributed by atoms with van der Waals surface area (Å²) in [5.41, 5.74) is 4.25. The topological polar surface area (TPSA) is 93.5 Å². The van der Waals surface area contributed by atoms with Gasteiger partial charge in [0, 0.05) is 42.3 Å². The molecule has 1 aliphatic heterocycles. The standard InChI is InChI=1S/C27H28F3N7O/c1-15(32-19-9-10-38-13-19)23-25-20(12-21(33-23)27(28,29)30)24(34-35-25)18-8-4-7-17(11-18)22(16-5-3-6-16)26-36-31-14-37(26)2/h4,7-8,11-12,14-15,19,32H,3,5-6,9-10,13H2,1-2H3,(H,34,35)/t15-,19-/m0/s1. The Bertz CT molecular complexity index is 1510. The van der Waals surface area contributed by atoms with Crippen LogP contribution in [0.4, 0.5) is 13.2 Å². The molecule has 1 saturated heterocycles. The molecule has 0 amide bonds. The van der Waals surface area contributed by atoms with Crippen molar-refractivity contribution in [3.63, 3.8) is 0 Å². The van der Waals surface area contributed by atoms with Gasteiger partial charge in [0.1, 0.15) is 17.7 Å². The number of allylic oxidation sites excluding steroid dienone is 1. The number of hydrogen-bond donors (Lipinski definition) is 2. The van der Waals surface area contributed by atoms with Crippen LogP contribution >= 0.6 is 0 Å². The third-order valence-electron chi connectivity index (χ3n) is 7.37. The van der Waals surface area contributed by atoms with E-state index < -0.39 is 17.9 Å². The molecule has 38 heavy (non-hydrogen) atoms. The summed E-state index contributed by atoms with van der Waals surface area (Å²) in [5.74, 6) is 0.769. The van der Waals surface area contributed by atoms with Crippen molar-refractivity contribution in [3.8, 4) is 11.3 Å². The van der Waals surface area contributed by atoms with E-state index in [-0.39, 0.29) is 11.7 Å². The summed E-state index contributed by atoms with van der Waals surface area (Å²) in [6.45, 7) is 2.98. The molecule has 11 heteroatoms. The first-order valence-electron chi connectivity index (χ1n) is 12.8. The lowest BCUT2D eigenvalue weighted by atomic mass is 9.84. The number of fused-ring (bicyclic) bond motifs is 1. The van der Waals surface area contributed by atoms with E-state index in [0.29, 0.717) is 35.4 Å². The zero-order valence-electron chi connectivity index (χ0n) is 21.1. The summed E-state index contributed by atoms with van der Waals surface area (Å²) in [6.07, 6.45) is 0.964. The number of aromatic nitrogens is 6. The number of halogens is 3. The molecule has 2 N–H and O–H groups in total. The molecule has 3 aromatic heterocycles. The van der Waals surface area contributed by atoms with Crippen molar-refractivity contribution in [3.05, 3.63) is 65.0 Å². The molecular weight excluding hydrogens is 495 g/mol. The molecular formula is C27H28F3N7O.